The number of phenols is 1. The summed E-state index contributed by atoms with van der Waals surface area (Å²) in [5.74, 6) is 0.851. The molecular formula is C21H18N4O3. The summed E-state index contributed by atoms with van der Waals surface area (Å²) >= 11 is 0. The van der Waals surface area contributed by atoms with Crippen LogP contribution in [0.1, 0.15) is 15.9 Å². The minimum atomic E-state index is -0.384. The molecule has 2 aromatic heterocycles. The van der Waals surface area contributed by atoms with E-state index in [4.69, 9.17) is 4.74 Å². The summed E-state index contributed by atoms with van der Waals surface area (Å²) in [6, 6.07) is 15.9. The van der Waals surface area contributed by atoms with Crippen LogP contribution in [-0.4, -0.2) is 32.7 Å². The van der Waals surface area contributed by atoms with Crippen molar-refractivity contribution in [3.63, 3.8) is 0 Å². The lowest BCUT2D eigenvalue weighted by atomic mass is 10.1. The first-order valence-corrected chi connectivity index (χ1v) is 8.66. The average molecular weight is 374 g/mol. The maximum Gasteiger partial charge on any atom is 0.259 e. The lowest BCUT2D eigenvalue weighted by Crippen LogP contribution is -2.13. The molecule has 0 aliphatic heterocycles. The second kappa shape index (κ2) is 7.03. The molecule has 0 saturated heterocycles. The van der Waals surface area contributed by atoms with Crippen molar-refractivity contribution < 1.29 is 14.6 Å². The van der Waals surface area contributed by atoms with Gasteiger partial charge < -0.3 is 15.2 Å². The molecule has 7 nitrogen and oxygen atoms in total. The van der Waals surface area contributed by atoms with Gasteiger partial charge in [0, 0.05) is 6.20 Å². The van der Waals surface area contributed by atoms with Crippen molar-refractivity contribution >= 4 is 17.2 Å². The van der Waals surface area contributed by atoms with Crippen molar-refractivity contribution in [2.45, 2.75) is 6.92 Å². The van der Waals surface area contributed by atoms with E-state index in [1.54, 1.807) is 48.0 Å². The van der Waals surface area contributed by atoms with Crippen LogP contribution in [0.15, 0.2) is 60.8 Å². The van der Waals surface area contributed by atoms with Gasteiger partial charge in [-0.25, -0.2) is 0 Å². The van der Waals surface area contributed by atoms with Gasteiger partial charge in [-0.05, 0) is 48.9 Å². The van der Waals surface area contributed by atoms with Crippen LogP contribution in [0.2, 0.25) is 0 Å². The van der Waals surface area contributed by atoms with E-state index in [1.807, 2.05) is 31.2 Å². The predicted molar refractivity (Wildman–Crippen MR) is 106 cm³/mol. The molecular weight excluding hydrogens is 356 g/mol. The number of methoxy groups -OCH3 is 1. The van der Waals surface area contributed by atoms with Gasteiger partial charge in [0.2, 0.25) is 0 Å². The highest BCUT2D eigenvalue weighted by Gasteiger charge is 2.18. The number of hydrogen-bond donors (Lipinski definition) is 2. The van der Waals surface area contributed by atoms with Gasteiger partial charge in [-0.1, -0.05) is 18.2 Å². The third-order valence-electron chi connectivity index (χ3n) is 4.43. The number of nitrogens with one attached hydrogen (secondary N) is 1. The Labute approximate surface area is 161 Å². The van der Waals surface area contributed by atoms with Gasteiger partial charge in [0.1, 0.15) is 11.5 Å². The molecule has 0 aliphatic carbocycles. The summed E-state index contributed by atoms with van der Waals surface area (Å²) in [4.78, 5) is 12.8. The lowest BCUT2D eigenvalue weighted by molar-refractivity contribution is 0.102. The molecule has 2 N–H and O–H groups in total. The molecule has 140 valence electrons. The van der Waals surface area contributed by atoms with Crippen molar-refractivity contribution in [2.75, 3.05) is 12.4 Å². The number of fused-ring (bicyclic) bond motifs is 1. The number of para-hydroxylation sites is 1. The maximum atomic E-state index is 12.8. The number of hydrogen-bond acceptors (Lipinski definition) is 5. The van der Waals surface area contributed by atoms with Crippen molar-refractivity contribution in [2.24, 2.45) is 0 Å². The van der Waals surface area contributed by atoms with E-state index >= 15 is 0 Å². The zero-order chi connectivity index (χ0) is 19.7. The van der Waals surface area contributed by atoms with E-state index < -0.39 is 0 Å². The molecule has 0 unspecified atom stereocenters. The number of phenolic OH excluding ortho intramolecular Hbond substituents is 1. The minimum absolute atomic E-state index is 0.00193. The van der Waals surface area contributed by atoms with Gasteiger partial charge in [-0.3, -0.25) is 9.20 Å². The summed E-state index contributed by atoms with van der Waals surface area (Å²) in [5, 5.41) is 21.2. The normalized spacial score (nSPS) is 10.8. The molecule has 7 heteroatoms. The van der Waals surface area contributed by atoms with E-state index in [0.29, 0.717) is 28.5 Å². The van der Waals surface area contributed by atoms with Gasteiger partial charge in [0.05, 0.1) is 23.9 Å². The largest absolute Gasteiger partial charge is 0.506 e. The van der Waals surface area contributed by atoms with Gasteiger partial charge >= 0.3 is 0 Å². The second-order valence-electron chi connectivity index (χ2n) is 6.31. The lowest BCUT2D eigenvalue weighted by Gasteiger charge is -2.09. The fraction of sp³-hybridized carbons (Fsp3) is 0.0952. The number of anilines is 1. The van der Waals surface area contributed by atoms with Crippen LogP contribution in [0.5, 0.6) is 11.5 Å². The first-order chi connectivity index (χ1) is 13.6. The van der Waals surface area contributed by atoms with Crippen LogP contribution >= 0.6 is 0 Å². The molecule has 0 fully saturated rings. The highest BCUT2D eigenvalue weighted by atomic mass is 16.5. The Hall–Kier alpha value is -3.87. The van der Waals surface area contributed by atoms with Gasteiger partial charge in [0.15, 0.2) is 11.5 Å². The number of carbonyl (C=O) groups is 1. The van der Waals surface area contributed by atoms with Crippen LogP contribution in [0.25, 0.3) is 17.0 Å². The Kier molecular flexibility index (Phi) is 4.41. The Morgan fingerprint density at radius 2 is 1.93 bits per heavy atom. The standard InChI is InChI=1S/C21H18N4O3/c1-13-9-10-17(26)16(12-13)22-21(27)15-7-5-11-25-19(23-24-20(15)25)14-6-3-4-8-18(14)28-2/h3-12,26H,1-2H3,(H,22,27). The molecule has 0 aliphatic rings. The first-order valence-electron chi connectivity index (χ1n) is 8.66. The number of carbonyl (C=O) groups excluding carboxylic acids is 1. The number of nitrogens with zero attached hydrogens (tertiary/aromatic N) is 3. The van der Waals surface area contributed by atoms with E-state index in [-0.39, 0.29) is 11.7 Å². The molecule has 4 aromatic rings. The smallest absolute Gasteiger partial charge is 0.259 e. The molecule has 0 atom stereocenters. The van der Waals surface area contributed by atoms with Crippen LogP contribution in [0.4, 0.5) is 5.69 Å². The second-order valence-corrected chi connectivity index (χ2v) is 6.31. The summed E-state index contributed by atoms with van der Waals surface area (Å²) in [5.41, 5.74) is 2.79. The summed E-state index contributed by atoms with van der Waals surface area (Å²) < 4.78 is 7.15. The Morgan fingerprint density at radius 3 is 2.75 bits per heavy atom. The summed E-state index contributed by atoms with van der Waals surface area (Å²) in [7, 11) is 1.59. The molecule has 0 saturated carbocycles. The van der Waals surface area contributed by atoms with E-state index in [1.165, 1.54) is 0 Å². The van der Waals surface area contributed by atoms with E-state index in [9.17, 15) is 9.90 Å². The molecule has 2 heterocycles. The Bertz CT molecular complexity index is 1180. The number of amides is 1. The quantitative estimate of drug-likeness (QED) is 0.532. The number of ether oxygens (including phenoxy) is 1. The van der Waals surface area contributed by atoms with Crippen molar-refractivity contribution in [3.05, 3.63) is 71.9 Å². The highest BCUT2D eigenvalue weighted by molar-refractivity contribution is 6.09. The topological polar surface area (TPSA) is 88.8 Å². The number of aromatic hydroxyl groups is 1. The zero-order valence-corrected chi connectivity index (χ0v) is 15.4. The van der Waals surface area contributed by atoms with Crippen molar-refractivity contribution in [1.82, 2.24) is 14.6 Å². The number of rotatable bonds is 4. The van der Waals surface area contributed by atoms with Gasteiger partial charge in [-0.15, -0.1) is 10.2 Å². The van der Waals surface area contributed by atoms with Crippen LogP contribution in [-0.2, 0) is 0 Å². The molecule has 4 rings (SSSR count). The number of aromatic nitrogens is 3. The molecule has 2 aromatic carbocycles. The summed E-state index contributed by atoms with van der Waals surface area (Å²) in [6.45, 7) is 1.88. The SMILES string of the molecule is COc1ccccc1-c1nnc2c(C(=O)Nc3cc(C)ccc3O)cccn12. The van der Waals surface area contributed by atoms with Crippen LogP contribution in [0.3, 0.4) is 0 Å². The molecule has 0 bridgehead atoms. The zero-order valence-electron chi connectivity index (χ0n) is 15.4. The van der Waals surface area contributed by atoms with Crippen molar-refractivity contribution in [1.29, 1.82) is 0 Å². The third-order valence-corrected chi connectivity index (χ3v) is 4.43. The predicted octanol–water partition coefficient (Wildman–Crippen LogP) is 3.67. The Morgan fingerprint density at radius 1 is 1.11 bits per heavy atom. The van der Waals surface area contributed by atoms with E-state index in [0.717, 1.165) is 11.1 Å². The van der Waals surface area contributed by atoms with Crippen LogP contribution in [0, 0.1) is 6.92 Å². The highest BCUT2D eigenvalue weighted by Crippen LogP contribution is 2.29. The summed E-state index contributed by atoms with van der Waals surface area (Å²) in [6.07, 6.45) is 1.79. The minimum Gasteiger partial charge on any atom is -0.506 e. The monoisotopic (exact) mass is 374 g/mol. The van der Waals surface area contributed by atoms with Crippen LogP contribution < -0.4 is 10.1 Å². The number of pyridine rings is 1. The van der Waals surface area contributed by atoms with Gasteiger partial charge in [0.25, 0.3) is 5.91 Å². The average Bonchev–Trinajstić information content (AvgIpc) is 3.14. The first kappa shape index (κ1) is 17.5. The van der Waals surface area contributed by atoms with E-state index in [2.05, 4.69) is 15.5 Å². The third kappa shape index (κ3) is 3.03. The maximum absolute atomic E-state index is 12.8. The fourth-order valence-corrected chi connectivity index (χ4v) is 3.05. The van der Waals surface area contributed by atoms with Gasteiger partial charge in [-0.2, -0.15) is 0 Å². The number of aryl methyl sites for hydroxylation is 1. The molecule has 28 heavy (non-hydrogen) atoms. The number of benzene rings is 2. The Balaban J connectivity index is 1.76. The molecule has 1 amide bonds. The van der Waals surface area contributed by atoms with Crippen molar-refractivity contribution in [3.8, 4) is 22.9 Å². The molecule has 0 spiro atoms. The fourth-order valence-electron chi connectivity index (χ4n) is 3.05. The molecule has 0 radical (unpaired) electrons.